The molecule has 17 heavy (non-hydrogen) atoms. The number of hydrogen-bond acceptors (Lipinski definition) is 4. The zero-order valence-corrected chi connectivity index (χ0v) is 10.8. The van der Waals surface area contributed by atoms with Gasteiger partial charge in [0.25, 0.3) is 0 Å². The zero-order valence-electron chi connectivity index (χ0n) is 10.8. The van der Waals surface area contributed by atoms with E-state index in [2.05, 4.69) is 34.0 Å². The van der Waals surface area contributed by atoms with Crippen LogP contribution in [0.3, 0.4) is 0 Å². The Hall–Kier alpha value is -1.16. The summed E-state index contributed by atoms with van der Waals surface area (Å²) in [5.74, 6) is 0.726. The number of hydrogen-bond donors (Lipinski definition) is 1. The van der Waals surface area contributed by atoms with Crippen LogP contribution < -0.4 is 5.32 Å². The maximum absolute atomic E-state index is 4.03. The average Bonchev–Trinajstić information content (AvgIpc) is 2.40. The highest BCUT2D eigenvalue weighted by molar-refractivity contribution is 5.38. The molecule has 4 nitrogen and oxygen atoms in total. The van der Waals surface area contributed by atoms with Crippen LogP contribution in [0.1, 0.15) is 26.7 Å². The van der Waals surface area contributed by atoms with Crippen molar-refractivity contribution in [3.8, 4) is 0 Å². The highest BCUT2D eigenvalue weighted by Gasteiger charge is 2.23. The summed E-state index contributed by atoms with van der Waals surface area (Å²) in [6.07, 6.45) is 7.87. The molecular weight excluding hydrogens is 212 g/mol. The normalized spacial score (nSPS) is 23.3. The smallest absolute Gasteiger partial charge is 0.115 e. The molecule has 1 saturated heterocycles. The number of nitrogens with zero attached hydrogens (tertiary/aromatic N) is 3. The Morgan fingerprint density at radius 3 is 2.94 bits per heavy atom. The third-order valence-corrected chi connectivity index (χ3v) is 3.65. The molecule has 2 atom stereocenters. The molecule has 1 N–H and O–H groups in total. The molecule has 2 rings (SSSR count). The first-order valence-corrected chi connectivity index (χ1v) is 6.53. The van der Waals surface area contributed by atoms with Crippen molar-refractivity contribution >= 4 is 5.69 Å². The molecule has 1 aliphatic rings. The van der Waals surface area contributed by atoms with Crippen molar-refractivity contribution in [1.82, 2.24) is 14.9 Å². The molecule has 1 aromatic heterocycles. The minimum absolute atomic E-state index is 0.482. The molecule has 94 valence electrons. The summed E-state index contributed by atoms with van der Waals surface area (Å²) < 4.78 is 0. The van der Waals surface area contributed by atoms with E-state index in [0.717, 1.165) is 18.2 Å². The molecule has 2 heterocycles. The zero-order chi connectivity index (χ0) is 12.1. The van der Waals surface area contributed by atoms with Crippen molar-refractivity contribution in [1.29, 1.82) is 0 Å². The van der Waals surface area contributed by atoms with Gasteiger partial charge in [-0.15, -0.1) is 0 Å². The molecule has 2 unspecified atom stereocenters. The quantitative estimate of drug-likeness (QED) is 0.865. The van der Waals surface area contributed by atoms with Crippen LogP contribution in [0.5, 0.6) is 0 Å². The summed E-state index contributed by atoms with van der Waals surface area (Å²) in [5.41, 5.74) is 1.02. The molecule has 0 radical (unpaired) electrons. The van der Waals surface area contributed by atoms with Crippen molar-refractivity contribution in [2.45, 2.75) is 32.7 Å². The van der Waals surface area contributed by atoms with Gasteiger partial charge in [-0.05, 0) is 38.8 Å². The lowest BCUT2D eigenvalue weighted by Gasteiger charge is -2.35. The molecule has 0 aliphatic carbocycles. The molecule has 0 bridgehead atoms. The van der Waals surface area contributed by atoms with Crippen LogP contribution in [0, 0.1) is 5.92 Å². The summed E-state index contributed by atoms with van der Waals surface area (Å²) in [6.45, 7) is 8.13. The first-order valence-electron chi connectivity index (χ1n) is 6.53. The van der Waals surface area contributed by atoms with Crippen LogP contribution in [-0.2, 0) is 0 Å². The first-order chi connectivity index (χ1) is 8.29. The monoisotopic (exact) mass is 234 g/mol. The van der Waals surface area contributed by atoms with Gasteiger partial charge < -0.3 is 10.2 Å². The number of rotatable bonds is 4. The minimum atomic E-state index is 0.482. The fourth-order valence-corrected chi connectivity index (χ4v) is 2.54. The van der Waals surface area contributed by atoms with E-state index in [4.69, 9.17) is 0 Å². The summed E-state index contributed by atoms with van der Waals surface area (Å²) in [4.78, 5) is 10.6. The second-order valence-corrected chi connectivity index (χ2v) is 4.86. The van der Waals surface area contributed by atoms with Crippen LogP contribution in [-0.4, -0.2) is 40.5 Å². The molecule has 1 fully saturated rings. The highest BCUT2D eigenvalue weighted by atomic mass is 15.1. The number of likely N-dealkylation sites (tertiary alicyclic amines) is 1. The lowest BCUT2D eigenvalue weighted by Crippen LogP contribution is -2.41. The van der Waals surface area contributed by atoms with Crippen molar-refractivity contribution in [3.05, 3.63) is 18.7 Å². The maximum Gasteiger partial charge on any atom is 0.115 e. The Morgan fingerprint density at radius 1 is 1.47 bits per heavy atom. The Bertz CT molecular complexity index is 327. The standard InChI is InChI=1S/C13H22N4/c1-3-17-6-4-5-12(9-17)11(2)16-13-7-14-10-15-8-13/h7-8,10-12,16H,3-6,9H2,1-2H3. The molecule has 4 heteroatoms. The van der Waals surface area contributed by atoms with Crippen molar-refractivity contribution in [2.24, 2.45) is 5.92 Å². The summed E-state index contributed by atoms with van der Waals surface area (Å²) >= 11 is 0. The van der Waals surface area contributed by atoms with Crippen LogP contribution in [0.15, 0.2) is 18.7 Å². The van der Waals surface area contributed by atoms with E-state index < -0.39 is 0 Å². The Kier molecular flexibility index (Phi) is 4.31. The first kappa shape index (κ1) is 12.3. The lowest BCUT2D eigenvalue weighted by molar-refractivity contribution is 0.172. The largest absolute Gasteiger partial charge is 0.380 e. The van der Waals surface area contributed by atoms with Crippen molar-refractivity contribution < 1.29 is 0 Å². The minimum Gasteiger partial charge on any atom is -0.380 e. The van der Waals surface area contributed by atoms with E-state index in [0.29, 0.717) is 6.04 Å². The maximum atomic E-state index is 4.03. The number of aromatic nitrogens is 2. The van der Waals surface area contributed by atoms with Gasteiger partial charge in [-0.3, -0.25) is 0 Å². The van der Waals surface area contributed by atoms with E-state index in [1.165, 1.54) is 25.9 Å². The predicted molar refractivity (Wildman–Crippen MR) is 70.0 cm³/mol. The van der Waals surface area contributed by atoms with Gasteiger partial charge in [-0.1, -0.05) is 6.92 Å². The van der Waals surface area contributed by atoms with Gasteiger partial charge in [-0.25, -0.2) is 9.97 Å². The van der Waals surface area contributed by atoms with Crippen LogP contribution in [0.2, 0.25) is 0 Å². The topological polar surface area (TPSA) is 41.0 Å². The highest BCUT2D eigenvalue weighted by Crippen LogP contribution is 2.21. The number of piperidine rings is 1. The van der Waals surface area contributed by atoms with Gasteiger partial charge in [0.05, 0.1) is 18.1 Å². The third-order valence-electron chi connectivity index (χ3n) is 3.65. The van der Waals surface area contributed by atoms with Crippen molar-refractivity contribution in [3.63, 3.8) is 0 Å². The van der Waals surface area contributed by atoms with Crippen molar-refractivity contribution in [2.75, 3.05) is 25.0 Å². The van der Waals surface area contributed by atoms with E-state index >= 15 is 0 Å². The van der Waals surface area contributed by atoms with E-state index in [-0.39, 0.29) is 0 Å². The molecule has 0 spiro atoms. The Balaban J connectivity index is 1.89. The van der Waals surface area contributed by atoms with Gasteiger partial charge >= 0.3 is 0 Å². The van der Waals surface area contributed by atoms with Crippen LogP contribution in [0.4, 0.5) is 5.69 Å². The second kappa shape index (κ2) is 5.96. The van der Waals surface area contributed by atoms with Gasteiger partial charge in [0.2, 0.25) is 0 Å². The fourth-order valence-electron chi connectivity index (χ4n) is 2.54. The summed E-state index contributed by atoms with van der Waals surface area (Å²) in [6, 6.07) is 0.482. The number of anilines is 1. The average molecular weight is 234 g/mol. The van der Waals surface area contributed by atoms with Crippen LogP contribution >= 0.6 is 0 Å². The lowest BCUT2D eigenvalue weighted by atomic mass is 9.91. The molecule has 0 saturated carbocycles. The molecule has 1 aliphatic heterocycles. The van der Waals surface area contributed by atoms with E-state index in [1.54, 1.807) is 6.33 Å². The Morgan fingerprint density at radius 2 is 2.24 bits per heavy atom. The van der Waals surface area contributed by atoms with E-state index in [9.17, 15) is 0 Å². The van der Waals surface area contributed by atoms with Gasteiger partial charge in [0, 0.05) is 12.6 Å². The molecular formula is C13H22N4. The molecule has 0 amide bonds. The SMILES string of the molecule is CCN1CCCC(C(C)Nc2cncnc2)C1. The summed E-state index contributed by atoms with van der Waals surface area (Å²) in [7, 11) is 0. The fraction of sp³-hybridized carbons (Fsp3) is 0.692. The van der Waals surface area contributed by atoms with Gasteiger partial charge in [-0.2, -0.15) is 0 Å². The predicted octanol–water partition coefficient (Wildman–Crippen LogP) is 2.01. The molecule has 0 aromatic carbocycles. The third kappa shape index (κ3) is 3.40. The number of nitrogens with one attached hydrogen (secondary N) is 1. The Labute approximate surface area is 103 Å². The van der Waals surface area contributed by atoms with Crippen LogP contribution in [0.25, 0.3) is 0 Å². The summed E-state index contributed by atoms with van der Waals surface area (Å²) in [5, 5.41) is 3.50. The molecule has 1 aromatic rings. The van der Waals surface area contributed by atoms with Gasteiger partial charge in [0.15, 0.2) is 0 Å². The van der Waals surface area contributed by atoms with E-state index in [1.807, 2.05) is 12.4 Å². The van der Waals surface area contributed by atoms with Gasteiger partial charge in [0.1, 0.15) is 6.33 Å². The second-order valence-electron chi connectivity index (χ2n) is 4.86.